The molecule has 0 amide bonds. The summed E-state index contributed by atoms with van der Waals surface area (Å²) in [6.07, 6.45) is 2.33. The van der Waals surface area contributed by atoms with Crippen LogP contribution in [0.2, 0.25) is 0 Å². The van der Waals surface area contributed by atoms with Crippen molar-refractivity contribution in [3.05, 3.63) is 41.7 Å². The molecule has 0 radical (unpaired) electrons. The molecule has 0 saturated heterocycles. The molecule has 2 rings (SSSR count). The molecule has 5 heteroatoms. The van der Waals surface area contributed by atoms with E-state index < -0.39 is 13.0 Å². The van der Waals surface area contributed by atoms with Crippen LogP contribution in [0, 0.1) is 12.8 Å². The molecule has 0 unspecified atom stereocenters. The Morgan fingerprint density at radius 3 is 2.35 bits per heavy atom. The first-order chi connectivity index (χ1) is 9.40. The van der Waals surface area contributed by atoms with Gasteiger partial charge in [0.15, 0.2) is 0 Å². The van der Waals surface area contributed by atoms with Crippen molar-refractivity contribution < 1.29 is 17.4 Å². The Kier molecular flexibility index (Phi) is 8.36. The van der Waals surface area contributed by atoms with E-state index in [0.29, 0.717) is 0 Å². The van der Waals surface area contributed by atoms with E-state index in [2.05, 4.69) is 39.0 Å². The van der Waals surface area contributed by atoms with Crippen LogP contribution in [0.3, 0.4) is 0 Å². The third-order valence-corrected chi connectivity index (χ3v) is 2.96. The number of benzene rings is 1. The zero-order valence-electron chi connectivity index (χ0n) is 12.1. The van der Waals surface area contributed by atoms with Crippen molar-refractivity contribution in [2.24, 2.45) is 5.92 Å². The number of fused-ring (bicyclic) bond motifs is 1. The first-order valence-electron chi connectivity index (χ1n) is 6.78. The van der Waals surface area contributed by atoms with Gasteiger partial charge in [0.05, 0.1) is 17.9 Å². The summed E-state index contributed by atoms with van der Waals surface area (Å²) < 4.78 is 5.83. The molecule has 1 heterocycles. The van der Waals surface area contributed by atoms with Gasteiger partial charge in [-0.25, -0.2) is 4.42 Å². The molecule has 0 saturated carbocycles. The molecule has 0 aliphatic rings. The number of rotatable bonds is 3. The molecular weight excluding hydrogens is 368 g/mol. The molecule has 108 valence electrons. The minimum atomic E-state index is -2.21. The van der Waals surface area contributed by atoms with Gasteiger partial charge >= 0.3 is 53.4 Å². The van der Waals surface area contributed by atoms with Crippen LogP contribution in [-0.2, 0) is 19.4 Å². The van der Waals surface area contributed by atoms with E-state index in [1.54, 1.807) is 0 Å². The van der Waals surface area contributed by atoms with Gasteiger partial charge in [-0.3, -0.25) is 0 Å². The standard InChI is InChI=1S/C15H19O.3ClH.Zn/c1-11(2)8-9-13-10-14-6-4-5-7-15(14)16-12(13)3;;;;/h4-7,10-11H,8-9H2,1-3H3;3*1H;/q+1;;;;+2/p-3. The van der Waals surface area contributed by atoms with E-state index in [1.165, 1.54) is 17.4 Å². The Morgan fingerprint density at radius 2 is 1.75 bits per heavy atom. The van der Waals surface area contributed by atoms with Crippen molar-refractivity contribution in [3.8, 4) is 0 Å². The van der Waals surface area contributed by atoms with Gasteiger partial charge < -0.3 is 0 Å². The number of hydrogen-bond acceptors (Lipinski definition) is 0. The molecule has 0 N–H and O–H groups in total. The Bertz CT molecular complexity index is 541. The fourth-order valence-electron chi connectivity index (χ4n) is 1.90. The molecule has 2 aromatic rings. The third kappa shape index (κ3) is 6.72. The SMILES string of the molecule is Cc1[o+]c2ccccc2cc1CCC(C)C.[Cl][Zn-]([Cl])[Cl]. The van der Waals surface area contributed by atoms with Crippen LogP contribution in [0.5, 0.6) is 0 Å². The van der Waals surface area contributed by atoms with E-state index in [1.807, 2.05) is 12.1 Å². The zero-order chi connectivity index (χ0) is 15.1. The topological polar surface area (TPSA) is 11.3 Å². The van der Waals surface area contributed by atoms with Gasteiger partial charge in [0, 0.05) is 6.07 Å². The summed E-state index contributed by atoms with van der Waals surface area (Å²) in [5, 5.41) is 1.20. The number of para-hydroxylation sites is 1. The van der Waals surface area contributed by atoms with E-state index in [4.69, 9.17) is 33.5 Å². The molecule has 0 atom stereocenters. The molecule has 0 fully saturated rings. The van der Waals surface area contributed by atoms with Crippen molar-refractivity contribution in [3.63, 3.8) is 0 Å². The summed E-state index contributed by atoms with van der Waals surface area (Å²) in [7, 11) is 15.0. The number of aryl methyl sites for hydroxylation is 2. The predicted octanol–water partition coefficient (Wildman–Crippen LogP) is 6.68. The van der Waals surface area contributed by atoms with E-state index in [0.717, 1.165) is 23.7 Å². The minimum absolute atomic E-state index is 0.742. The molecule has 1 aromatic heterocycles. The summed E-state index contributed by atoms with van der Waals surface area (Å²) in [5.74, 6) is 1.80. The first-order valence-corrected chi connectivity index (χ1v) is 18.5. The van der Waals surface area contributed by atoms with Crippen LogP contribution < -0.4 is 0 Å². The molecule has 0 bridgehead atoms. The van der Waals surface area contributed by atoms with E-state index in [9.17, 15) is 0 Å². The second-order valence-electron chi connectivity index (χ2n) is 5.10. The van der Waals surface area contributed by atoms with Gasteiger partial charge in [0.1, 0.15) is 0 Å². The quantitative estimate of drug-likeness (QED) is 0.423. The van der Waals surface area contributed by atoms with Crippen molar-refractivity contribution in [2.75, 3.05) is 0 Å². The van der Waals surface area contributed by atoms with Gasteiger partial charge in [0.2, 0.25) is 0 Å². The Balaban J connectivity index is 0.000000444. The van der Waals surface area contributed by atoms with Gasteiger partial charge in [-0.2, -0.15) is 0 Å². The average Bonchev–Trinajstić information content (AvgIpc) is 2.35. The van der Waals surface area contributed by atoms with Crippen LogP contribution in [-0.4, -0.2) is 0 Å². The monoisotopic (exact) mass is 384 g/mol. The summed E-state index contributed by atoms with van der Waals surface area (Å²) >= 11 is -2.21. The Hall–Kier alpha value is 0.123. The Labute approximate surface area is 138 Å². The normalized spacial score (nSPS) is 10.3. The van der Waals surface area contributed by atoms with Crippen LogP contribution >= 0.6 is 29.1 Å². The van der Waals surface area contributed by atoms with Crippen molar-refractivity contribution >= 4 is 40.0 Å². The summed E-state index contributed by atoms with van der Waals surface area (Å²) in [5.41, 5.74) is 2.32. The number of halogens is 3. The molecule has 0 aliphatic heterocycles. The van der Waals surface area contributed by atoms with Gasteiger partial charge in [0.25, 0.3) is 0 Å². The fourth-order valence-corrected chi connectivity index (χ4v) is 1.90. The number of hydrogen-bond donors (Lipinski definition) is 0. The van der Waals surface area contributed by atoms with Crippen molar-refractivity contribution in [2.45, 2.75) is 33.6 Å². The molecule has 0 spiro atoms. The first kappa shape index (κ1) is 18.2. The molecule has 1 nitrogen and oxygen atoms in total. The van der Waals surface area contributed by atoms with E-state index >= 15 is 0 Å². The molecule has 1 aromatic carbocycles. The van der Waals surface area contributed by atoms with E-state index in [-0.39, 0.29) is 0 Å². The second-order valence-corrected chi connectivity index (χ2v) is 19.0. The van der Waals surface area contributed by atoms with Crippen molar-refractivity contribution in [1.82, 2.24) is 0 Å². The maximum atomic E-state index is 5.83. The summed E-state index contributed by atoms with van der Waals surface area (Å²) in [4.78, 5) is 0. The molecular formula is C15H19Cl3OZn. The maximum absolute atomic E-state index is 5.83. The zero-order valence-corrected chi connectivity index (χ0v) is 17.4. The van der Waals surface area contributed by atoms with Crippen LogP contribution in [0.1, 0.15) is 31.6 Å². The summed E-state index contributed by atoms with van der Waals surface area (Å²) in [6.45, 7) is 6.57. The summed E-state index contributed by atoms with van der Waals surface area (Å²) in [6, 6.07) is 10.5. The van der Waals surface area contributed by atoms with Gasteiger partial charge in [-0.1, -0.05) is 26.0 Å². The van der Waals surface area contributed by atoms with Crippen molar-refractivity contribution in [1.29, 1.82) is 0 Å². The molecule has 20 heavy (non-hydrogen) atoms. The Morgan fingerprint density at radius 1 is 1.15 bits per heavy atom. The third-order valence-electron chi connectivity index (χ3n) is 2.96. The van der Waals surface area contributed by atoms with Crippen LogP contribution in [0.25, 0.3) is 11.0 Å². The predicted molar refractivity (Wildman–Crippen MR) is 86.1 cm³/mol. The van der Waals surface area contributed by atoms with Gasteiger partial charge in [-0.15, -0.1) is 0 Å². The second kappa shape index (κ2) is 9.20. The molecule has 0 aliphatic carbocycles. The average molecular weight is 387 g/mol. The van der Waals surface area contributed by atoms with Crippen LogP contribution in [0.15, 0.2) is 34.7 Å². The van der Waals surface area contributed by atoms with Gasteiger partial charge in [-0.05, 0) is 30.9 Å². The fraction of sp³-hybridized carbons (Fsp3) is 0.400. The van der Waals surface area contributed by atoms with Crippen LogP contribution in [0.4, 0.5) is 0 Å².